The van der Waals surface area contributed by atoms with E-state index < -0.39 is 18.2 Å². The number of carbonyl (C=O) groups is 2. The molecule has 2 unspecified atom stereocenters. The highest BCUT2D eigenvalue weighted by molar-refractivity contribution is 5.82. The summed E-state index contributed by atoms with van der Waals surface area (Å²) in [5.41, 5.74) is 0. The van der Waals surface area contributed by atoms with Gasteiger partial charge in [-0.1, -0.05) is 5.16 Å². The molecule has 2 atom stereocenters. The fraction of sp³-hybridized carbons (Fsp3) is 0.556. The smallest absolute Gasteiger partial charge is 0.332 e. The van der Waals surface area contributed by atoms with Crippen molar-refractivity contribution in [3.63, 3.8) is 0 Å². The number of amides is 1. The molecule has 1 saturated heterocycles. The van der Waals surface area contributed by atoms with Gasteiger partial charge in [0, 0.05) is 0 Å². The van der Waals surface area contributed by atoms with Crippen molar-refractivity contribution in [3.8, 4) is 0 Å². The summed E-state index contributed by atoms with van der Waals surface area (Å²) in [6, 6.07) is 0. The van der Waals surface area contributed by atoms with Crippen molar-refractivity contribution in [2.45, 2.75) is 31.6 Å². The Balaban J connectivity index is 1.79. The first-order valence-corrected chi connectivity index (χ1v) is 5.08. The van der Waals surface area contributed by atoms with Crippen LogP contribution < -0.4 is 5.32 Å². The van der Waals surface area contributed by atoms with E-state index in [0.717, 1.165) is 6.39 Å². The van der Waals surface area contributed by atoms with Crippen LogP contribution in [-0.2, 0) is 20.9 Å². The van der Waals surface area contributed by atoms with Crippen LogP contribution in [0.2, 0.25) is 0 Å². The Morgan fingerprint density at radius 2 is 2.24 bits per heavy atom. The van der Waals surface area contributed by atoms with Gasteiger partial charge in [0.1, 0.15) is 6.10 Å². The fourth-order valence-corrected chi connectivity index (χ4v) is 1.56. The molecule has 2 heterocycles. The van der Waals surface area contributed by atoms with Crippen molar-refractivity contribution < 1.29 is 24.0 Å². The molecule has 0 spiro atoms. The molecule has 1 amide bonds. The molecule has 8 heteroatoms. The van der Waals surface area contributed by atoms with Crippen molar-refractivity contribution in [3.05, 3.63) is 12.2 Å². The van der Waals surface area contributed by atoms with Crippen LogP contribution in [0.4, 0.5) is 0 Å². The van der Waals surface area contributed by atoms with Crippen molar-refractivity contribution in [2.24, 2.45) is 0 Å². The number of nitrogens with one attached hydrogen (secondary N) is 1. The molecule has 0 saturated carbocycles. The van der Waals surface area contributed by atoms with Crippen molar-refractivity contribution in [1.29, 1.82) is 0 Å². The molecule has 17 heavy (non-hydrogen) atoms. The molecular formula is C9H11N3O5. The number of hydrogen-bond donors (Lipinski definition) is 2. The molecule has 92 valence electrons. The van der Waals surface area contributed by atoms with Crippen LogP contribution in [0.1, 0.15) is 18.7 Å². The van der Waals surface area contributed by atoms with Crippen LogP contribution in [0.25, 0.3) is 0 Å². The van der Waals surface area contributed by atoms with Crippen LogP contribution in [0, 0.1) is 0 Å². The summed E-state index contributed by atoms with van der Waals surface area (Å²) in [6.07, 6.45) is 0.289. The zero-order valence-corrected chi connectivity index (χ0v) is 8.83. The molecule has 0 bridgehead atoms. The Bertz CT molecular complexity index is 405. The van der Waals surface area contributed by atoms with Gasteiger partial charge < -0.3 is 19.7 Å². The van der Waals surface area contributed by atoms with Crippen LogP contribution in [0.3, 0.4) is 0 Å². The van der Waals surface area contributed by atoms with Gasteiger partial charge in [-0.15, -0.1) is 0 Å². The predicted octanol–water partition coefficient (Wildman–Crippen LogP) is -0.682. The fourth-order valence-electron chi connectivity index (χ4n) is 1.56. The monoisotopic (exact) mass is 241 g/mol. The first-order chi connectivity index (χ1) is 8.16. The number of carboxylic acids is 1. The van der Waals surface area contributed by atoms with Gasteiger partial charge in [0.2, 0.25) is 12.3 Å². The van der Waals surface area contributed by atoms with E-state index in [4.69, 9.17) is 9.84 Å². The van der Waals surface area contributed by atoms with Crippen LogP contribution >= 0.6 is 0 Å². The maximum atomic E-state index is 11.6. The van der Waals surface area contributed by atoms with Gasteiger partial charge in [-0.2, -0.15) is 4.98 Å². The van der Waals surface area contributed by atoms with Crippen molar-refractivity contribution in [2.75, 3.05) is 0 Å². The van der Waals surface area contributed by atoms with E-state index in [1.165, 1.54) is 0 Å². The lowest BCUT2D eigenvalue weighted by Crippen LogP contribution is -2.35. The van der Waals surface area contributed by atoms with E-state index in [2.05, 4.69) is 20.0 Å². The highest BCUT2D eigenvalue weighted by Crippen LogP contribution is 2.19. The number of ether oxygens (including phenoxy) is 1. The topological polar surface area (TPSA) is 115 Å². The summed E-state index contributed by atoms with van der Waals surface area (Å²) < 4.78 is 9.58. The van der Waals surface area contributed by atoms with Crippen LogP contribution in [0.15, 0.2) is 10.9 Å². The first kappa shape index (κ1) is 11.5. The second-order valence-electron chi connectivity index (χ2n) is 3.59. The summed E-state index contributed by atoms with van der Waals surface area (Å²) in [6.45, 7) is 0.132. The van der Waals surface area contributed by atoms with Crippen molar-refractivity contribution >= 4 is 11.9 Å². The van der Waals surface area contributed by atoms with E-state index in [0.29, 0.717) is 18.7 Å². The minimum absolute atomic E-state index is 0.132. The molecule has 1 fully saturated rings. The number of nitrogens with zero attached hydrogens (tertiary/aromatic N) is 2. The SMILES string of the molecule is O=C(O)C1CCC(C(=O)NCc2ncon2)O1. The second-order valence-corrected chi connectivity index (χ2v) is 3.59. The molecule has 1 aromatic rings. The standard InChI is InChI=1S/C9H11N3O5/c13-8(10-3-7-11-4-16-12-7)5-1-2-6(17-5)9(14)15/h4-6H,1-3H2,(H,10,13)(H,14,15). The Kier molecular flexibility index (Phi) is 3.33. The summed E-state index contributed by atoms with van der Waals surface area (Å²) >= 11 is 0. The first-order valence-electron chi connectivity index (χ1n) is 5.08. The number of aromatic nitrogens is 2. The third kappa shape index (κ3) is 2.78. The number of rotatable bonds is 4. The molecule has 0 radical (unpaired) electrons. The molecular weight excluding hydrogens is 230 g/mol. The lowest BCUT2D eigenvalue weighted by molar-refractivity contribution is -0.151. The summed E-state index contributed by atoms with van der Waals surface area (Å²) in [5, 5.41) is 14.8. The van der Waals surface area contributed by atoms with Gasteiger partial charge in [-0.05, 0) is 12.8 Å². The number of carboxylic acid groups (broad SMARTS) is 1. The van der Waals surface area contributed by atoms with E-state index in [9.17, 15) is 9.59 Å². The lowest BCUT2D eigenvalue weighted by atomic mass is 10.2. The summed E-state index contributed by atoms with van der Waals surface area (Å²) in [7, 11) is 0. The normalized spacial score (nSPS) is 23.5. The largest absolute Gasteiger partial charge is 0.479 e. The highest BCUT2D eigenvalue weighted by atomic mass is 16.5. The molecule has 1 aliphatic rings. The Morgan fingerprint density at radius 1 is 1.47 bits per heavy atom. The number of hydrogen-bond acceptors (Lipinski definition) is 6. The molecule has 2 N–H and O–H groups in total. The molecule has 1 aromatic heterocycles. The van der Waals surface area contributed by atoms with E-state index >= 15 is 0 Å². The molecule has 0 aliphatic carbocycles. The summed E-state index contributed by atoms with van der Waals surface area (Å²) in [4.78, 5) is 25.9. The van der Waals surface area contributed by atoms with E-state index in [1.807, 2.05) is 0 Å². The minimum atomic E-state index is -1.04. The van der Waals surface area contributed by atoms with Gasteiger partial charge in [0.15, 0.2) is 11.9 Å². The summed E-state index contributed by atoms with van der Waals surface area (Å²) in [5.74, 6) is -1.05. The van der Waals surface area contributed by atoms with Crippen LogP contribution in [0.5, 0.6) is 0 Å². The van der Waals surface area contributed by atoms with Gasteiger partial charge in [0.05, 0.1) is 6.54 Å². The van der Waals surface area contributed by atoms with Gasteiger partial charge in [-0.3, -0.25) is 4.79 Å². The number of aliphatic carboxylic acids is 1. The van der Waals surface area contributed by atoms with E-state index in [1.54, 1.807) is 0 Å². The lowest BCUT2D eigenvalue weighted by Gasteiger charge is -2.10. The van der Waals surface area contributed by atoms with Gasteiger partial charge in [-0.25, -0.2) is 4.79 Å². The third-order valence-electron chi connectivity index (χ3n) is 2.42. The van der Waals surface area contributed by atoms with E-state index in [-0.39, 0.29) is 12.5 Å². The predicted molar refractivity (Wildman–Crippen MR) is 51.7 cm³/mol. The molecule has 1 aliphatic heterocycles. The molecule has 2 rings (SSSR count). The highest BCUT2D eigenvalue weighted by Gasteiger charge is 2.34. The third-order valence-corrected chi connectivity index (χ3v) is 2.42. The maximum absolute atomic E-state index is 11.6. The second kappa shape index (κ2) is 4.91. The zero-order chi connectivity index (χ0) is 12.3. The van der Waals surface area contributed by atoms with Crippen molar-refractivity contribution in [1.82, 2.24) is 15.5 Å². The average Bonchev–Trinajstić information content (AvgIpc) is 2.96. The molecule has 8 nitrogen and oxygen atoms in total. The minimum Gasteiger partial charge on any atom is -0.479 e. The van der Waals surface area contributed by atoms with Crippen LogP contribution in [-0.4, -0.2) is 39.3 Å². The van der Waals surface area contributed by atoms with Gasteiger partial charge >= 0.3 is 5.97 Å². The Morgan fingerprint density at radius 3 is 2.82 bits per heavy atom. The zero-order valence-electron chi connectivity index (χ0n) is 8.83. The Hall–Kier alpha value is -1.96. The van der Waals surface area contributed by atoms with Gasteiger partial charge in [0.25, 0.3) is 0 Å². The molecule has 0 aromatic carbocycles. The quantitative estimate of drug-likeness (QED) is 0.717. The average molecular weight is 241 g/mol. The maximum Gasteiger partial charge on any atom is 0.332 e. The Labute approximate surface area is 95.9 Å². The number of carbonyl (C=O) groups excluding carboxylic acids is 1.